The van der Waals surface area contributed by atoms with Crippen molar-refractivity contribution >= 4 is 23.3 Å². The van der Waals surface area contributed by atoms with Gasteiger partial charge in [-0.05, 0) is 96.8 Å². The maximum Gasteiger partial charge on any atom is 0.126 e. The minimum absolute atomic E-state index is 0.475. The monoisotopic (exact) mass is 536 g/mol. The lowest BCUT2D eigenvalue weighted by Crippen LogP contribution is -1.96. The van der Waals surface area contributed by atoms with Crippen molar-refractivity contribution in [1.82, 2.24) is 0 Å². The zero-order valence-corrected chi connectivity index (χ0v) is 23.7. The molecule has 0 amide bonds. The highest BCUT2D eigenvalue weighted by atomic mass is 16.5. The number of unbranched alkanes of at least 4 members (excludes halogenated alkanes) is 2. The molecule has 3 rings (SSSR count). The van der Waals surface area contributed by atoms with Gasteiger partial charge in [0.1, 0.15) is 23.0 Å². The smallest absolute Gasteiger partial charge is 0.126 e. The molecule has 0 spiro atoms. The Labute approximate surface area is 237 Å². The molecule has 0 aliphatic carbocycles. The Kier molecular flexibility index (Phi) is 11.7. The van der Waals surface area contributed by atoms with Crippen molar-refractivity contribution in [3.8, 4) is 35.1 Å². The van der Waals surface area contributed by atoms with Crippen LogP contribution in [-0.2, 0) is 0 Å². The first-order chi connectivity index (χ1) is 19.6. The molecule has 0 atom stereocenters. The molecule has 6 nitrogen and oxygen atoms in total. The van der Waals surface area contributed by atoms with Gasteiger partial charge in [0, 0.05) is 11.1 Å². The Hall–Kier alpha value is -4.68. The van der Waals surface area contributed by atoms with E-state index in [4.69, 9.17) is 18.9 Å². The van der Waals surface area contributed by atoms with Crippen LogP contribution in [0.1, 0.15) is 61.8 Å². The van der Waals surface area contributed by atoms with Crippen molar-refractivity contribution < 1.29 is 18.9 Å². The lowest BCUT2D eigenvalue weighted by Gasteiger charge is -2.13. The zero-order valence-electron chi connectivity index (χ0n) is 23.7. The summed E-state index contributed by atoms with van der Waals surface area (Å²) in [4.78, 5) is 0. The van der Waals surface area contributed by atoms with Crippen LogP contribution in [0.15, 0.2) is 60.7 Å². The summed E-state index contributed by atoms with van der Waals surface area (Å²) in [6, 6.07) is 23.2. The van der Waals surface area contributed by atoms with E-state index in [9.17, 15) is 10.5 Å². The van der Waals surface area contributed by atoms with Crippen molar-refractivity contribution in [1.29, 1.82) is 10.5 Å². The summed E-state index contributed by atoms with van der Waals surface area (Å²) >= 11 is 0. The molecule has 0 N–H and O–H groups in total. The third kappa shape index (κ3) is 8.16. The summed E-state index contributed by atoms with van der Waals surface area (Å²) in [5.74, 6) is 2.65. The number of hydrogen-bond donors (Lipinski definition) is 0. The SMILES string of the molecule is CCCCOc1ccc(/C(C#N)=C/c2cc(OC)c(/C=C(\C#N)c3ccc(OCCCC)cc3)cc2OC)cc1. The van der Waals surface area contributed by atoms with E-state index >= 15 is 0 Å². The largest absolute Gasteiger partial charge is 0.496 e. The van der Waals surface area contributed by atoms with E-state index in [-0.39, 0.29) is 0 Å². The van der Waals surface area contributed by atoms with Crippen molar-refractivity contribution in [2.24, 2.45) is 0 Å². The Bertz CT molecular complexity index is 1280. The van der Waals surface area contributed by atoms with E-state index in [1.165, 1.54) is 0 Å². The van der Waals surface area contributed by atoms with Crippen molar-refractivity contribution in [3.63, 3.8) is 0 Å². The molecule has 0 bridgehead atoms. The molecule has 40 heavy (non-hydrogen) atoms. The number of ether oxygens (including phenoxy) is 4. The first-order valence-electron chi connectivity index (χ1n) is 13.5. The van der Waals surface area contributed by atoms with Gasteiger partial charge in [0.15, 0.2) is 0 Å². The number of benzene rings is 3. The average molecular weight is 537 g/mol. The summed E-state index contributed by atoms with van der Waals surface area (Å²) in [5, 5.41) is 19.8. The Morgan fingerprint density at radius 1 is 0.650 bits per heavy atom. The molecule has 0 heterocycles. The normalized spacial score (nSPS) is 11.3. The quantitative estimate of drug-likeness (QED) is 0.117. The third-order valence-electron chi connectivity index (χ3n) is 6.29. The van der Waals surface area contributed by atoms with Gasteiger partial charge in [-0.15, -0.1) is 0 Å². The highest BCUT2D eigenvalue weighted by molar-refractivity contribution is 5.93. The molecule has 206 valence electrons. The minimum atomic E-state index is 0.475. The Morgan fingerprint density at radius 2 is 1.02 bits per heavy atom. The molecule has 0 fully saturated rings. The Morgan fingerprint density at radius 3 is 1.32 bits per heavy atom. The molecule has 6 heteroatoms. The fourth-order valence-electron chi connectivity index (χ4n) is 3.97. The number of rotatable bonds is 14. The predicted octanol–water partition coefficient (Wildman–Crippen LogP) is 8.19. The highest BCUT2D eigenvalue weighted by Crippen LogP contribution is 2.34. The summed E-state index contributed by atoms with van der Waals surface area (Å²) in [7, 11) is 3.15. The zero-order chi connectivity index (χ0) is 28.7. The average Bonchev–Trinajstić information content (AvgIpc) is 2.99. The fraction of sp³-hybridized carbons (Fsp3) is 0.294. The molecule has 0 saturated carbocycles. The van der Waals surface area contributed by atoms with Crippen LogP contribution in [0.2, 0.25) is 0 Å². The molecule has 0 saturated heterocycles. The van der Waals surface area contributed by atoms with Crippen molar-refractivity contribution in [2.45, 2.75) is 39.5 Å². The van der Waals surface area contributed by atoms with Gasteiger partial charge < -0.3 is 18.9 Å². The lowest BCUT2D eigenvalue weighted by atomic mass is 9.99. The van der Waals surface area contributed by atoms with Crippen LogP contribution in [0.4, 0.5) is 0 Å². The van der Waals surface area contributed by atoms with Crippen LogP contribution in [-0.4, -0.2) is 27.4 Å². The van der Waals surface area contributed by atoms with Gasteiger partial charge in [-0.2, -0.15) is 10.5 Å². The second-order valence-electron chi connectivity index (χ2n) is 9.13. The van der Waals surface area contributed by atoms with E-state index in [1.54, 1.807) is 26.4 Å². The van der Waals surface area contributed by atoms with Crippen LogP contribution in [0.5, 0.6) is 23.0 Å². The molecule has 3 aromatic rings. The van der Waals surface area contributed by atoms with Gasteiger partial charge in [-0.25, -0.2) is 0 Å². The van der Waals surface area contributed by atoms with Gasteiger partial charge in [-0.3, -0.25) is 0 Å². The molecular weight excluding hydrogens is 500 g/mol. The van der Waals surface area contributed by atoms with Crippen LogP contribution in [0, 0.1) is 22.7 Å². The number of nitrogens with zero attached hydrogens (tertiary/aromatic N) is 2. The fourth-order valence-corrected chi connectivity index (χ4v) is 3.97. The molecule has 0 aliphatic rings. The van der Waals surface area contributed by atoms with Gasteiger partial charge in [0.25, 0.3) is 0 Å². The molecular formula is C34H36N2O4. The van der Waals surface area contributed by atoms with Gasteiger partial charge in [-0.1, -0.05) is 26.7 Å². The van der Waals surface area contributed by atoms with E-state index in [0.717, 1.165) is 48.3 Å². The minimum Gasteiger partial charge on any atom is -0.496 e. The third-order valence-corrected chi connectivity index (χ3v) is 6.29. The summed E-state index contributed by atoms with van der Waals surface area (Å²) in [6.07, 6.45) is 7.66. The van der Waals surface area contributed by atoms with Gasteiger partial charge in [0.05, 0.1) is 50.7 Å². The van der Waals surface area contributed by atoms with Crippen molar-refractivity contribution in [3.05, 3.63) is 82.9 Å². The summed E-state index contributed by atoms with van der Waals surface area (Å²) in [6.45, 7) is 5.57. The summed E-state index contributed by atoms with van der Waals surface area (Å²) < 4.78 is 22.8. The van der Waals surface area contributed by atoms with Crippen LogP contribution in [0.3, 0.4) is 0 Å². The molecule has 0 unspecified atom stereocenters. The first kappa shape index (κ1) is 29.9. The van der Waals surface area contributed by atoms with Crippen LogP contribution in [0.25, 0.3) is 23.3 Å². The van der Waals surface area contributed by atoms with Crippen LogP contribution < -0.4 is 18.9 Å². The topological polar surface area (TPSA) is 84.5 Å². The summed E-state index contributed by atoms with van der Waals surface area (Å²) in [5.41, 5.74) is 3.85. The van der Waals surface area contributed by atoms with E-state index < -0.39 is 0 Å². The molecule has 0 aliphatic heterocycles. The number of nitriles is 2. The maximum absolute atomic E-state index is 9.91. The van der Waals surface area contributed by atoms with Crippen molar-refractivity contribution in [2.75, 3.05) is 27.4 Å². The molecule has 0 radical (unpaired) electrons. The first-order valence-corrected chi connectivity index (χ1v) is 13.5. The number of hydrogen-bond acceptors (Lipinski definition) is 6. The molecule has 0 aromatic heterocycles. The van der Waals surface area contributed by atoms with E-state index in [0.29, 0.717) is 47.0 Å². The lowest BCUT2D eigenvalue weighted by molar-refractivity contribution is 0.309. The highest BCUT2D eigenvalue weighted by Gasteiger charge is 2.13. The number of methoxy groups -OCH3 is 2. The van der Waals surface area contributed by atoms with Gasteiger partial charge >= 0.3 is 0 Å². The predicted molar refractivity (Wildman–Crippen MR) is 160 cm³/mol. The molecule has 3 aromatic carbocycles. The standard InChI is InChI=1S/C34H36N2O4/c1-5-7-17-39-31-13-9-25(10-14-31)29(23-35)19-27-21-34(38-4)28(22-33(27)37-3)20-30(24-36)26-11-15-32(16-12-26)40-18-8-6-2/h9-16,19-22H,5-8,17-18H2,1-4H3/b29-19+,30-20+. The second-order valence-corrected chi connectivity index (χ2v) is 9.13. The van der Waals surface area contributed by atoms with E-state index in [2.05, 4.69) is 26.0 Å². The Balaban J connectivity index is 1.91. The maximum atomic E-state index is 9.91. The second kappa shape index (κ2) is 15.7. The van der Waals surface area contributed by atoms with E-state index in [1.807, 2.05) is 60.7 Å². The van der Waals surface area contributed by atoms with Gasteiger partial charge in [0.2, 0.25) is 0 Å². The number of allylic oxidation sites excluding steroid dienone is 2. The van der Waals surface area contributed by atoms with Crippen LogP contribution >= 0.6 is 0 Å².